The highest BCUT2D eigenvalue weighted by atomic mass is 32.2. The first kappa shape index (κ1) is 29.2. The van der Waals surface area contributed by atoms with Crippen molar-refractivity contribution in [2.24, 2.45) is 0 Å². The molecule has 0 aliphatic carbocycles. The zero-order chi connectivity index (χ0) is 29.7. The molecule has 0 aliphatic heterocycles. The summed E-state index contributed by atoms with van der Waals surface area (Å²) in [5, 5.41) is 30.2. The molecule has 0 bridgehead atoms. The Balaban J connectivity index is 1.61. The summed E-state index contributed by atoms with van der Waals surface area (Å²) in [5.74, 6) is 1.40. The summed E-state index contributed by atoms with van der Waals surface area (Å²) in [6.07, 6.45) is 0. The van der Waals surface area contributed by atoms with Crippen LogP contribution in [0.3, 0.4) is 0 Å². The number of hydrogen-bond acceptors (Lipinski definition) is 11. The van der Waals surface area contributed by atoms with Crippen molar-refractivity contribution in [3.63, 3.8) is 0 Å². The molecule has 0 fully saturated rings. The lowest BCUT2D eigenvalue weighted by atomic mass is 9.97. The zero-order valence-electron chi connectivity index (χ0n) is 22.9. The molecule has 2 heterocycles. The first-order valence-corrected chi connectivity index (χ1v) is 13.4. The van der Waals surface area contributed by atoms with Gasteiger partial charge in [-0.1, -0.05) is 23.9 Å². The fourth-order valence-electron chi connectivity index (χ4n) is 3.86. The number of benzene rings is 2. The second-order valence-electron chi connectivity index (χ2n) is 9.66. The number of aromatic nitrogens is 2. The molecule has 0 saturated heterocycles. The number of anilines is 1. The lowest BCUT2D eigenvalue weighted by Crippen LogP contribution is -2.27. The molecule has 3 N–H and O–H groups in total. The van der Waals surface area contributed by atoms with Crippen molar-refractivity contribution in [1.82, 2.24) is 9.97 Å². The van der Waals surface area contributed by atoms with Crippen molar-refractivity contribution in [1.29, 1.82) is 10.5 Å². The number of rotatable bonds is 9. The van der Waals surface area contributed by atoms with Crippen molar-refractivity contribution in [2.75, 3.05) is 19.5 Å². The normalized spacial score (nSPS) is 11.0. The number of nitrogen functional groups attached to an aromatic ring is 1. The molecular weight excluding hydrogens is 542 g/mol. The van der Waals surface area contributed by atoms with Crippen LogP contribution < -0.4 is 10.5 Å². The number of oxazole rings is 1. The Morgan fingerprint density at radius 2 is 1.68 bits per heavy atom. The minimum absolute atomic E-state index is 0.00890. The SMILES string of the molecule is COC(=O)c1ccc(-c2nc(CSc3nc(N)c(C#N)c(-c4ccc(OCC(C)(C)O)cc4)c3C#N)c(C)o2)cc1. The average molecular weight is 570 g/mol. The second kappa shape index (κ2) is 12.1. The number of carbonyl (C=O) groups excluding carboxylic acids is 1. The van der Waals surface area contributed by atoms with Gasteiger partial charge in [-0.2, -0.15) is 10.5 Å². The number of nitrogens with zero attached hydrogens (tertiary/aromatic N) is 4. The summed E-state index contributed by atoms with van der Waals surface area (Å²) in [7, 11) is 1.32. The number of ether oxygens (including phenoxy) is 2. The van der Waals surface area contributed by atoms with Gasteiger partial charge in [-0.25, -0.2) is 14.8 Å². The molecule has 0 aliphatic rings. The van der Waals surface area contributed by atoms with E-state index in [-0.39, 0.29) is 23.6 Å². The van der Waals surface area contributed by atoms with Crippen molar-refractivity contribution >= 4 is 23.5 Å². The first-order chi connectivity index (χ1) is 19.5. The van der Waals surface area contributed by atoms with Crippen LogP contribution in [0.25, 0.3) is 22.6 Å². The maximum absolute atomic E-state index is 11.7. The molecule has 4 aromatic rings. The number of hydrogen-bond donors (Lipinski definition) is 2. The van der Waals surface area contributed by atoms with Gasteiger partial charge >= 0.3 is 5.97 Å². The number of thioether (sulfide) groups is 1. The fraction of sp³-hybridized carbons (Fsp3) is 0.233. The van der Waals surface area contributed by atoms with E-state index in [9.17, 15) is 20.4 Å². The third-order valence-corrected chi connectivity index (χ3v) is 6.93. The Labute approximate surface area is 241 Å². The maximum atomic E-state index is 11.7. The lowest BCUT2D eigenvalue weighted by molar-refractivity contribution is 0.0285. The minimum atomic E-state index is -0.996. The van der Waals surface area contributed by atoms with Gasteiger partial charge in [-0.05, 0) is 62.7 Å². The summed E-state index contributed by atoms with van der Waals surface area (Å²) in [4.78, 5) is 20.7. The monoisotopic (exact) mass is 569 g/mol. The van der Waals surface area contributed by atoms with E-state index in [1.807, 2.05) is 0 Å². The second-order valence-corrected chi connectivity index (χ2v) is 10.6. The van der Waals surface area contributed by atoms with Crippen LogP contribution in [0.1, 0.15) is 46.8 Å². The highest BCUT2D eigenvalue weighted by Gasteiger charge is 2.22. The van der Waals surface area contributed by atoms with Crippen LogP contribution in [0.5, 0.6) is 5.75 Å². The van der Waals surface area contributed by atoms with Gasteiger partial charge in [-0.3, -0.25) is 0 Å². The van der Waals surface area contributed by atoms with E-state index < -0.39 is 11.6 Å². The smallest absolute Gasteiger partial charge is 0.337 e. The van der Waals surface area contributed by atoms with E-state index in [0.717, 1.165) is 0 Å². The number of carbonyl (C=O) groups is 1. The van der Waals surface area contributed by atoms with E-state index in [2.05, 4.69) is 22.1 Å². The van der Waals surface area contributed by atoms with E-state index in [1.54, 1.807) is 69.3 Å². The Bertz CT molecular complexity index is 1660. The summed E-state index contributed by atoms with van der Waals surface area (Å²) >= 11 is 1.25. The molecule has 41 heavy (non-hydrogen) atoms. The van der Waals surface area contributed by atoms with E-state index in [4.69, 9.17) is 19.6 Å². The summed E-state index contributed by atoms with van der Waals surface area (Å²) in [6, 6.07) is 17.8. The highest BCUT2D eigenvalue weighted by Crippen LogP contribution is 2.37. The molecule has 2 aromatic carbocycles. The number of pyridine rings is 1. The number of methoxy groups -OCH3 is 1. The largest absolute Gasteiger partial charge is 0.491 e. The molecule has 0 saturated carbocycles. The summed E-state index contributed by atoms with van der Waals surface area (Å²) < 4.78 is 16.2. The molecule has 0 atom stereocenters. The van der Waals surface area contributed by atoms with Crippen LogP contribution in [-0.2, 0) is 10.5 Å². The standard InChI is InChI=1S/C30H27N5O5S/c1-17-24(34-27(40-17)19-5-7-20(8-6-19)29(36)38-4)15-41-28-23(14-32)25(22(13-31)26(33)35-28)18-9-11-21(12-10-18)39-16-30(2,3)37/h5-12,37H,15-16H2,1-4H3,(H2,33,35). The Hall–Kier alpha value is -4.84. The van der Waals surface area contributed by atoms with Gasteiger partial charge in [0.2, 0.25) is 5.89 Å². The van der Waals surface area contributed by atoms with Crippen LogP contribution in [0.4, 0.5) is 5.82 Å². The minimum Gasteiger partial charge on any atom is -0.491 e. The van der Waals surface area contributed by atoms with Crippen LogP contribution in [0, 0.1) is 29.6 Å². The molecule has 2 aromatic heterocycles. The molecule has 0 amide bonds. The Morgan fingerprint density at radius 3 is 2.27 bits per heavy atom. The van der Waals surface area contributed by atoms with Crippen LogP contribution in [0.15, 0.2) is 58.0 Å². The van der Waals surface area contributed by atoms with Crippen LogP contribution in [0.2, 0.25) is 0 Å². The van der Waals surface area contributed by atoms with Crippen molar-refractivity contribution in [3.8, 4) is 40.5 Å². The molecule has 0 radical (unpaired) electrons. The Kier molecular flexibility index (Phi) is 8.62. The van der Waals surface area contributed by atoms with Crippen molar-refractivity contribution in [3.05, 3.63) is 76.7 Å². The number of aliphatic hydroxyl groups is 1. The van der Waals surface area contributed by atoms with E-state index in [0.29, 0.717) is 56.1 Å². The number of nitrogens with two attached hydrogens (primary N) is 1. The maximum Gasteiger partial charge on any atom is 0.337 e. The highest BCUT2D eigenvalue weighted by molar-refractivity contribution is 7.98. The molecule has 0 unspecified atom stereocenters. The average Bonchev–Trinajstić information content (AvgIpc) is 3.34. The van der Waals surface area contributed by atoms with Gasteiger partial charge < -0.3 is 24.7 Å². The summed E-state index contributed by atoms with van der Waals surface area (Å²) in [5.41, 5.74) is 8.21. The number of esters is 1. The molecule has 10 nitrogen and oxygen atoms in total. The van der Waals surface area contributed by atoms with Crippen LogP contribution in [-0.4, -0.2) is 40.4 Å². The molecule has 0 spiro atoms. The van der Waals surface area contributed by atoms with Crippen LogP contribution >= 0.6 is 11.8 Å². The van der Waals surface area contributed by atoms with Gasteiger partial charge in [0, 0.05) is 16.9 Å². The third-order valence-electron chi connectivity index (χ3n) is 5.94. The van der Waals surface area contributed by atoms with Gasteiger partial charge in [0.1, 0.15) is 46.7 Å². The van der Waals surface area contributed by atoms with Gasteiger partial charge in [0.05, 0.1) is 29.5 Å². The number of nitriles is 2. The molecule has 4 rings (SSSR count). The van der Waals surface area contributed by atoms with E-state index >= 15 is 0 Å². The van der Waals surface area contributed by atoms with Gasteiger partial charge in [0.25, 0.3) is 0 Å². The van der Waals surface area contributed by atoms with Crippen molar-refractivity contribution in [2.45, 2.75) is 37.2 Å². The molecule has 11 heteroatoms. The molecular formula is C30H27N5O5S. The predicted octanol–water partition coefficient (Wildman–Crippen LogP) is 5.27. The quantitative estimate of drug-likeness (QED) is 0.199. The van der Waals surface area contributed by atoms with Gasteiger partial charge in [0.15, 0.2) is 0 Å². The molecule has 208 valence electrons. The number of aryl methyl sites for hydroxylation is 1. The van der Waals surface area contributed by atoms with Gasteiger partial charge in [-0.15, -0.1) is 0 Å². The first-order valence-electron chi connectivity index (χ1n) is 12.4. The predicted molar refractivity (Wildman–Crippen MR) is 153 cm³/mol. The zero-order valence-corrected chi connectivity index (χ0v) is 23.7. The fourth-order valence-corrected chi connectivity index (χ4v) is 4.85. The lowest BCUT2D eigenvalue weighted by Gasteiger charge is -2.18. The third kappa shape index (κ3) is 6.67. The Morgan fingerprint density at radius 1 is 1.05 bits per heavy atom. The van der Waals surface area contributed by atoms with E-state index in [1.165, 1.54) is 18.9 Å². The van der Waals surface area contributed by atoms with Crippen molar-refractivity contribution < 1.29 is 23.8 Å². The summed E-state index contributed by atoms with van der Waals surface area (Å²) in [6.45, 7) is 5.17. The topological polar surface area (TPSA) is 168 Å².